The first-order valence-corrected chi connectivity index (χ1v) is 5.53. The van der Waals surface area contributed by atoms with Crippen molar-refractivity contribution in [2.24, 2.45) is 11.3 Å². The highest BCUT2D eigenvalue weighted by Gasteiger charge is 2.29. The molecule has 0 aliphatic carbocycles. The number of phenolic OH excluding ortho intramolecular Hbond substituents is 1. The van der Waals surface area contributed by atoms with Gasteiger partial charge in [-0.15, -0.1) is 0 Å². The Kier molecular flexibility index (Phi) is 2.37. The van der Waals surface area contributed by atoms with E-state index in [-0.39, 0.29) is 0 Å². The van der Waals surface area contributed by atoms with Crippen LogP contribution in [0.15, 0.2) is 18.2 Å². The normalized spacial score (nSPS) is 20.6. The third-order valence-corrected chi connectivity index (χ3v) is 3.35. The van der Waals surface area contributed by atoms with E-state index in [2.05, 4.69) is 32.2 Å². The molecule has 1 aromatic carbocycles. The smallest absolute Gasteiger partial charge is 0.138 e. The molecular formula is C13H19NO. The number of phenols is 1. The van der Waals surface area contributed by atoms with Gasteiger partial charge in [-0.3, -0.25) is 0 Å². The van der Waals surface area contributed by atoms with Crippen LogP contribution in [-0.2, 0) is 6.42 Å². The fourth-order valence-corrected chi connectivity index (χ4v) is 2.14. The topological polar surface area (TPSA) is 32.3 Å². The molecule has 2 nitrogen and oxygen atoms in total. The number of anilines is 1. The summed E-state index contributed by atoms with van der Waals surface area (Å²) < 4.78 is 0. The van der Waals surface area contributed by atoms with Gasteiger partial charge in [0.25, 0.3) is 0 Å². The Morgan fingerprint density at radius 1 is 1.33 bits per heavy atom. The molecule has 0 amide bonds. The van der Waals surface area contributed by atoms with Crippen molar-refractivity contribution in [3.8, 4) is 5.75 Å². The molecule has 1 aromatic rings. The average Bonchev–Trinajstić information content (AvgIpc) is 2.16. The van der Waals surface area contributed by atoms with Crippen LogP contribution < -0.4 is 5.32 Å². The van der Waals surface area contributed by atoms with E-state index in [0.29, 0.717) is 17.1 Å². The van der Waals surface area contributed by atoms with E-state index in [1.54, 1.807) is 6.07 Å². The fraction of sp³-hybridized carbons (Fsp3) is 0.538. The van der Waals surface area contributed by atoms with Gasteiger partial charge in [-0.2, -0.15) is 0 Å². The summed E-state index contributed by atoms with van der Waals surface area (Å²) in [5.74, 6) is 1.01. The van der Waals surface area contributed by atoms with E-state index in [0.717, 1.165) is 18.7 Å². The van der Waals surface area contributed by atoms with Crippen LogP contribution in [0.4, 0.5) is 5.69 Å². The lowest BCUT2D eigenvalue weighted by atomic mass is 9.75. The molecule has 1 heterocycles. The van der Waals surface area contributed by atoms with E-state index < -0.39 is 0 Å². The van der Waals surface area contributed by atoms with Gasteiger partial charge in [0.15, 0.2) is 0 Å². The lowest BCUT2D eigenvalue weighted by Crippen LogP contribution is -2.33. The van der Waals surface area contributed by atoms with E-state index in [4.69, 9.17) is 0 Å². The summed E-state index contributed by atoms with van der Waals surface area (Å²) in [5.41, 5.74) is 2.48. The van der Waals surface area contributed by atoms with Gasteiger partial charge in [0.05, 0.1) is 5.69 Å². The Hall–Kier alpha value is -1.18. The summed E-state index contributed by atoms with van der Waals surface area (Å²) in [7, 11) is 0. The zero-order valence-corrected chi connectivity index (χ0v) is 9.67. The van der Waals surface area contributed by atoms with Gasteiger partial charge in [0.1, 0.15) is 5.75 Å². The molecule has 0 bridgehead atoms. The molecule has 15 heavy (non-hydrogen) atoms. The largest absolute Gasteiger partial charge is 0.506 e. The monoisotopic (exact) mass is 205 g/mol. The highest BCUT2D eigenvalue weighted by atomic mass is 16.3. The maximum Gasteiger partial charge on any atom is 0.138 e. The third-order valence-electron chi connectivity index (χ3n) is 3.35. The maximum absolute atomic E-state index is 9.68. The Labute approximate surface area is 91.3 Å². The lowest BCUT2D eigenvalue weighted by molar-refractivity contribution is 0.246. The van der Waals surface area contributed by atoms with Crippen molar-refractivity contribution in [1.29, 1.82) is 0 Å². The number of para-hydroxylation sites is 1. The highest BCUT2D eigenvalue weighted by molar-refractivity contribution is 5.62. The van der Waals surface area contributed by atoms with Gasteiger partial charge in [-0.05, 0) is 29.4 Å². The van der Waals surface area contributed by atoms with Crippen molar-refractivity contribution in [1.82, 2.24) is 0 Å². The lowest BCUT2D eigenvalue weighted by Gasteiger charge is -2.35. The second kappa shape index (κ2) is 3.44. The Morgan fingerprint density at radius 3 is 2.73 bits per heavy atom. The Bertz CT molecular complexity index is 365. The Balaban J connectivity index is 2.28. The molecule has 1 unspecified atom stereocenters. The Morgan fingerprint density at radius 2 is 2.07 bits per heavy atom. The summed E-state index contributed by atoms with van der Waals surface area (Å²) >= 11 is 0. The summed E-state index contributed by atoms with van der Waals surface area (Å²) in [6.45, 7) is 7.77. The molecule has 82 valence electrons. The first-order valence-electron chi connectivity index (χ1n) is 5.53. The number of hydrogen-bond acceptors (Lipinski definition) is 2. The van der Waals surface area contributed by atoms with Crippen molar-refractivity contribution >= 4 is 5.69 Å². The molecule has 0 saturated heterocycles. The fourth-order valence-electron chi connectivity index (χ4n) is 2.14. The second-order valence-electron chi connectivity index (χ2n) is 5.46. The molecule has 1 aliphatic rings. The number of fused-ring (bicyclic) bond motifs is 1. The zero-order chi connectivity index (χ0) is 11.1. The summed E-state index contributed by atoms with van der Waals surface area (Å²) in [6, 6.07) is 5.75. The van der Waals surface area contributed by atoms with E-state index in [1.165, 1.54) is 5.56 Å². The van der Waals surface area contributed by atoms with Gasteiger partial charge in [0.2, 0.25) is 0 Å². The minimum atomic E-state index is 0.316. The van der Waals surface area contributed by atoms with Gasteiger partial charge in [-0.25, -0.2) is 0 Å². The van der Waals surface area contributed by atoms with Gasteiger partial charge in [0, 0.05) is 6.54 Å². The van der Waals surface area contributed by atoms with Crippen LogP contribution in [0.1, 0.15) is 26.3 Å². The van der Waals surface area contributed by atoms with Gasteiger partial charge < -0.3 is 10.4 Å². The van der Waals surface area contributed by atoms with Crippen molar-refractivity contribution < 1.29 is 5.11 Å². The van der Waals surface area contributed by atoms with Crippen molar-refractivity contribution in [2.75, 3.05) is 11.9 Å². The number of hydrogen-bond donors (Lipinski definition) is 2. The van der Waals surface area contributed by atoms with E-state index in [9.17, 15) is 5.11 Å². The molecule has 0 spiro atoms. The first kappa shape index (κ1) is 10.3. The molecule has 2 rings (SSSR count). The molecule has 2 N–H and O–H groups in total. The van der Waals surface area contributed by atoms with Crippen molar-refractivity contribution in [3.05, 3.63) is 23.8 Å². The second-order valence-corrected chi connectivity index (χ2v) is 5.46. The summed E-state index contributed by atoms with van der Waals surface area (Å²) in [4.78, 5) is 0. The summed E-state index contributed by atoms with van der Waals surface area (Å²) in [6.07, 6.45) is 1.06. The van der Waals surface area contributed by atoms with Crippen LogP contribution in [0, 0.1) is 11.3 Å². The molecule has 1 atom stereocenters. The predicted octanol–water partition coefficient (Wildman–Crippen LogP) is 3.02. The van der Waals surface area contributed by atoms with Gasteiger partial charge >= 0.3 is 0 Å². The molecule has 2 heteroatoms. The molecule has 0 saturated carbocycles. The number of benzene rings is 1. The molecule has 0 fully saturated rings. The van der Waals surface area contributed by atoms with E-state index >= 15 is 0 Å². The quantitative estimate of drug-likeness (QED) is 0.638. The predicted molar refractivity (Wildman–Crippen MR) is 63.2 cm³/mol. The first-order chi connectivity index (χ1) is 6.98. The van der Waals surface area contributed by atoms with Crippen LogP contribution in [0.3, 0.4) is 0 Å². The number of rotatable bonds is 0. The number of nitrogens with one attached hydrogen (secondary N) is 1. The van der Waals surface area contributed by atoms with Crippen LogP contribution >= 0.6 is 0 Å². The zero-order valence-electron chi connectivity index (χ0n) is 9.67. The maximum atomic E-state index is 9.68. The molecular weight excluding hydrogens is 186 g/mol. The average molecular weight is 205 g/mol. The van der Waals surface area contributed by atoms with E-state index in [1.807, 2.05) is 6.07 Å². The third kappa shape index (κ3) is 1.94. The SMILES string of the molecule is CC(C)(C)C1CNc2c(O)cccc2C1. The minimum Gasteiger partial charge on any atom is -0.506 e. The minimum absolute atomic E-state index is 0.316. The standard InChI is InChI=1S/C13H19NO/c1-13(2,3)10-7-9-5-4-6-11(15)12(9)14-8-10/h4-6,10,14-15H,7-8H2,1-3H3. The van der Waals surface area contributed by atoms with Gasteiger partial charge in [-0.1, -0.05) is 32.9 Å². The van der Waals surface area contributed by atoms with Crippen LogP contribution in [-0.4, -0.2) is 11.7 Å². The summed E-state index contributed by atoms with van der Waals surface area (Å²) in [5, 5.41) is 13.0. The molecule has 0 aromatic heterocycles. The van der Waals surface area contributed by atoms with Crippen LogP contribution in [0.5, 0.6) is 5.75 Å². The number of aromatic hydroxyl groups is 1. The van der Waals surface area contributed by atoms with Crippen LogP contribution in [0.2, 0.25) is 0 Å². The molecule has 1 aliphatic heterocycles. The van der Waals surface area contributed by atoms with Crippen molar-refractivity contribution in [2.45, 2.75) is 27.2 Å². The highest BCUT2D eigenvalue weighted by Crippen LogP contribution is 2.38. The van der Waals surface area contributed by atoms with Crippen molar-refractivity contribution in [3.63, 3.8) is 0 Å². The molecule has 0 radical (unpaired) electrons. The van der Waals surface area contributed by atoms with Crippen LogP contribution in [0.25, 0.3) is 0 Å².